The predicted octanol–water partition coefficient (Wildman–Crippen LogP) is 2.62. The number of amides is 2. The molecular formula is C17H25BrN6O2. The first-order valence-corrected chi connectivity index (χ1v) is 9.32. The van der Waals surface area contributed by atoms with Crippen molar-refractivity contribution in [1.82, 2.24) is 24.9 Å². The van der Waals surface area contributed by atoms with E-state index in [0.717, 1.165) is 4.47 Å². The Hall–Kier alpha value is -2.16. The van der Waals surface area contributed by atoms with Gasteiger partial charge in [-0.15, -0.1) is 0 Å². The molecule has 0 bridgehead atoms. The number of nitrogens with one attached hydrogen (secondary N) is 2. The summed E-state index contributed by atoms with van der Waals surface area (Å²) in [6.07, 6.45) is 5.01. The third-order valence-electron chi connectivity index (χ3n) is 3.90. The maximum atomic E-state index is 12.8. The van der Waals surface area contributed by atoms with Gasteiger partial charge in [-0.3, -0.25) is 19.0 Å². The lowest BCUT2D eigenvalue weighted by Gasteiger charge is -2.24. The van der Waals surface area contributed by atoms with Gasteiger partial charge in [0, 0.05) is 25.5 Å². The molecule has 0 fully saturated rings. The smallest absolute Gasteiger partial charge is 0.273 e. The van der Waals surface area contributed by atoms with Crippen molar-refractivity contribution in [2.24, 2.45) is 5.92 Å². The SMILES string of the molecule is CCn1cc(NC(=O)C(C)(C)n2cc(Br)cn2)c(C(=O)NCC(C)C)n1. The third kappa shape index (κ3) is 4.51. The fourth-order valence-corrected chi connectivity index (χ4v) is 2.49. The molecule has 2 rings (SSSR count). The van der Waals surface area contributed by atoms with Crippen LogP contribution in [0.2, 0.25) is 0 Å². The van der Waals surface area contributed by atoms with Crippen LogP contribution in [0.25, 0.3) is 0 Å². The molecule has 2 aromatic rings. The van der Waals surface area contributed by atoms with Crippen LogP contribution in [-0.4, -0.2) is 37.9 Å². The van der Waals surface area contributed by atoms with Crippen LogP contribution in [0.5, 0.6) is 0 Å². The minimum atomic E-state index is -0.938. The number of halogens is 1. The van der Waals surface area contributed by atoms with Gasteiger partial charge in [0.25, 0.3) is 11.8 Å². The van der Waals surface area contributed by atoms with Crippen LogP contribution >= 0.6 is 15.9 Å². The Bertz CT molecular complexity index is 793. The molecule has 0 aliphatic heterocycles. The molecule has 0 atom stereocenters. The molecule has 0 saturated heterocycles. The molecule has 0 saturated carbocycles. The number of carbonyl (C=O) groups excluding carboxylic acids is 2. The van der Waals surface area contributed by atoms with Gasteiger partial charge in [-0.25, -0.2) is 0 Å². The van der Waals surface area contributed by atoms with E-state index in [1.807, 2.05) is 20.8 Å². The second kappa shape index (κ2) is 8.03. The van der Waals surface area contributed by atoms with E-state index in [4.69, 9.17) is 0 Å². The number of carbonyl (C=O) groups is 2. The van der Waals surface area contributed by atoms with Crippen molar-refractivity contribution in [2.75, 3.05) is 11.9 Å². The van der Waals surface area contributed by atoms with Crippen LogP contribution in [0.4, 0.5) is 5.69 Å². The number of rotatable bonds is 7. The van der Waals surface area contributed by atoms with Gasteiger partial charge in [-0.2, -0.15) is 10.2 Å². The summed E-state index contributed by atoms with van der Waals surface area (Å²) >= 11 is 3.33. The van der Waals surface area contributed by atoms with Gasteiger partial charge in [0.05, 0.1) is 16.4 Å². The first kappa shape index (κ1) is 20.2. The van der Waals surface area contributed by atoms with Gasteiger partial charge in [0.2, 0.25) is 0 Å². The zero-order valence-corrected chi connectivity index (χ0v) is 17.3. The minimum absolute atomic E-state index is 0.207. The maximum absolute atomic E-state index is 12.8. The van der Waals surface area contributed by atoms with Crippen molar-refractivity contribution >= 4 is 33.4 Å². The highest BCUT2D eigenvalue weighted by Crippen LogP contribution is 2.22. The average molecular weight is 425 g/mol. The minimum Gasteiger partial charge on any atom is -0.350 e. The molecule has 2 N–H and O–H groups in total. The Morgan fingerprint density at radius 1 is 1.31 bits per heavy atom. The van der Waals surface area contributed by atoms with Crippen molar-refractivity contribution < 1.29 is 9.59 Å². The van der Waals surface area contributed by atoms with Crippen LogP contribution < -0.4 is 10.6 Å². The summed E-state index contributed by atoms with van der Waals surface area (Å²) in [5.41, 5.74) is -0.345. The summed E-state index contributed by atoms with van der Waals surface area (Å²) in [6, 6.07) is 0. The highest BCUT2D eigenvalue weighted by molar-refractivity contribution is 9.10. The van der Waals surface area contributed by atoms with Gasteiger partial charge in [-0.1, -0.05) is 13.8 Å². The Balaban J connectivity index is 2.23. The molecule has 142 valence electrons. The van der Waals surface area contributed by atoms with Gasteiger partial charge in [0.15, 0.2) is 5.69 Å². The molecule has 9 heteroatoms. The van der Waals surface area contributed by atoms with E-state index in [1.54, 1.807) is 41.8 Å². The zero-order valence-electron chi connectivity index (χ0n) is 15.7. The number of anilines is 1. The van der Waals surface area contributed by atoms with Crippen molar-refractivity contribution in [3.05, 3.63) is 28.8 Å². The zero-order chi connectivity index (χ0) is 19.5. The van der Waals surface area contributed by atoms with Crippen LogP contribution in [0.1, 0.15) is 45.1 Å². The highest BCUT2D eigenvalue weighted by atomic mass is 79.9. The molecule has 0 unspecified atom stereocenters. The Labute approximate surface area is 161 Å². The molecule has 2 amide bonds. The van der Waals surface area contributed by atoms with E-state index in [2.05, 4.69) is 36.8 Å². The maximum Gasteiger partial charge on any atom is 0.273 e. The van der Waals surface area contributed by atoms with Crippen molar-refractivity contribution in [3.8, 4) is 0 Å². The van der Waals surface area contributed by atoms with Crippen molar-refractivity contribution in [2.45, 2.75) is 46.7 Å². The number of nitrogens with zero attached hydrogens (tertiary/aromatic N) is 4. The lowest BCUT2D eigenvalue weighted by Crippen LogP contribution is -2.41. The Morgan fingerprint density at radius 2 is 2.00 bits per heavy atom. The van der Waals surface area contributed by atoms with E-state index in [-0.39, 0.29) is 17.5 Å². The van der Waals surface area contributed by atoms with Gasteiger partial charge < -0.3 is 10.6 Å². The normalized spacial score (nSPS) is 11.7. The molecule has 0 radical (unpaired) electrons. The van der Waals surface area contributed by atoms with Crippen LogP contribution in [-0.2, 0) is 16.9 Å². The number of aromatic nitrogens is 4. The van der Waals surface area contributed by atoms with E-state index >= 15 is 0 Å². The van der Waals surface area contributed by atoms with E-state index in [1.165, 1.54) is 0 Å². The molecule has 0 aliphatic carbocycles. The molecule has 0 aliphatic rings. The summed E-state index contributed by atoms with van der Waals surface area (Å²) in [5.74, 6) is -0.273. The molecule has 0 aromatic carbocycles. The number of aryl methyl sites for hydroxylation is 1. The summed E-state index contributed by atoms with van der Waals surface area (Å²) < 4.78 is 3.97. The number of hydrogen-bond donors (Lipinski definition) is 2. The van der Waals surface area contributed by atoms with Gasteiger partial charge >= 0.3 is 0 Å². The first-order valence-electron chi connectivity index (χ1n) is 8.52. The quantitative estimate of drug-likeness (QED) is 0.713. The summed E-state index contributed by atoms with van der Waals surface area (Å²) in [4.78, 5) is 25.3. The monoisotopic (exact) mass is 424 g/mol. The van der Waals surface area contributed by atoms with Crippen LogP contribution in [0, 0.1) is 5.92 Å². The van der Waals surface area contributed by atoms with Crippen molar-refractivity contribution in [3.63, 3.8) is 0 Å². The second-order valence-corrected chi connectivity index (χ2v) is 7.88. The standard InChI is InChI=1S/C17H25BrN6O2/c1-6-23-10-13(14(22-23)15(25)19-7-11(2)3)21-16(26)17(4,5)24-9-12(18)8-20-24/h8-11H,6-7H2,1-5H3,(H,19,25)(H,21,26). The van der Waals surface area contributed by atoms with Crippen molar-refractivity contribution in [1.29, 1.82) is 0 Å². The summed E-state index contributed by atoms with van der Waals surface area (Å²) in [5, 5.41) is 14.1. The largest absolute Gasteiger partial charge is 0.350 e. The molecule has 0 spiro atoms. The predicted molar refractivity (Wildman–Crippen MR) is 103 cm³/mol. The summed E-state index contributed by atoms with van der Waals surface area (Å²) in [6.45, 7) is 10.6. The summed E-state index contributed by atoms with van der Waals surface area (Å²) in [7, 11) is 0. The fourth-order valence-electron chi connectivity index (χ4n) is 2.21. The fraction of sp³-hybridized carbons (Fsp3) is 0.529. The Morgan fingerprint density at radius 3 is 2.54 bits per heavy atom. The molecular weight excluding hydrogens is 400 g/mol. The number of hydrogen-bond acceptors (Lipinski definition) is 4. The average Bonchev–Trinajstić information content (AvgIpc) is 3.19. The first-order chi connectivity index (χ1) is 12.1. The van der Waals surface area contributed by atoms with E-state index in [0.29, 0.717) is 24.7 Å². The second-order valence-electron chi connectivity index (χ2n) is 6.97. The lowest BCUT2D eigenvalue weighted by atomic mass is 10.0. The van der Waals surface area contributed by atoms with Gasteiger partial charge in [-0.05, 0) is 42.6 Å². The topological polar surface area (TPSA) is 93.8 Å². The van der Waals surface area contributed by atoms with Gasteiger partial charge in [0.1, 0.15) is 5.54 Å². The molecule has 2 aromatic heterocycles. The molecule has 8 nitrogen and oxygen atoms in total. The third-order valence-corrected chi connectivity index (χ3v) is 4.31. The van der Waals surface area contributed by atoms with E-state index < -0.39 is 5.54 Å². The molecule has 2 heterocycles. The molecule has 26 heavy (non-hydrogen) atoms. The Kier molecular flexibility index (Phi) is 6.22. The highest BCUT2D eigenvalue weighted by Gasteiger charge is 2.32. The van der Waals surface area contributed by atoms with Crippen LogP contribution in [0.15, 0.2) is 23.1 Å². The van der Waals surface area contributed by atoms with Crippen LogP contribution in [0.3, 0.4) is 0 Å². The van der Waals surface area contributed by atoms with E-state index in [9.17, 15) is 9.59 Å². The lowest BCUT2D eigenvalue weighted by molar-refractivity contribution is -0.123.